The van der Waals surface area contributed by atoms with E-state index in [2.05, 4.69) is 41.6 Å². The molecular formula is C29H55BrO2. The second-order valence-electron chi connectivity index (χ2n) is 9.16. The van der Waals surface area contributed by atoms with Crippen molar-refractivity contribution >= 4 is 15.9 Å². The maximum atomic E-state index is 6.15. The van der Waals surface area contributed by atoms with Gasteiger partial charge in [-0.2, -0.15) is 0 Å². The van der Waals surface area contributed by atoms with Crippen molar-refractivity contribution in [3.8, 4) is 11.8 Å². The minimum absolute atomic E-state index is 0.000182. The van der Waals surface area contributed by atoms with Crippen LogP contribution in [0.1, 0.15) is 149 Å². The summed E-state index contributed by atoms with van der Waals surface area (Å²) < 4.78 is 12.3. The molecule has 0 aliphatic heterocycles. The first-order chi connectivity index (χ1) is 15.8. The van der Waals surface area contributed by atoms with Gasteiger partial charge in [0.25, 0.3) is 0 Å². The van der Waals surface area contributed by atoms with Crippen LogP contribution in [0, 0.1) is 11.8 Å². The average Bonchev–Trinajstić information content (AvgIpc) is 2.80. The summed E-state index contributed by atoms with van der Waals surface area (Å²) in [4.78, 5) is 0. The van der Waals surface area contributed by atoms with Crippen LogP contribution < -0.4 is 0 Å². The zero-order chi connectivity index (χ0) is 23.4. The van der Waals surface area contributed by atoms with Gasteiger partial charge in [0.15, 0.2) is 6.29 Å². The van der Waals surface area contributed by atoms with Gasteiger partial charge in [0.05, 0.1) is 0 Å². The van der Waals surface area contributed by atoms with Crippen LogP contribution in [0.5, 0.6) is 0 Å². The highest BCUT2D eigenvalue weighted by atomic mass is 79.9. The van der Waals surface area contributed by atoms with Crippen molar-refractivity contribution in [3.63, 3.8) is 0 Å². The summed E-state index contributed by atoms with van der Waals surface area (Å²) >= 11 is 3.45. The summed E-state index contributed by atoms with van der Waals surface area (Å²) in [7, 11) is 0. The monoisotopic (exact) mass is 514 g/mol. The number of hydrogen-bond acceptors (Lipinski definition) is 2. The predicted molar refractivity (Wildman–Crippen MR) is 146 cm³/mol. The second-order valence-corrected chi connectivity index (χ2v) is 9.95. The zero-order valence-corrected chi connectivity index (χ0v) is 23.3. The summed E-state index contributed by atoms with van der Waals surface area (Å²) in [6, 6.07) is 0. The van der Waals surface area contributed by atoms with Gasteiger partial charge in [0, 0.05) is 31.4 Å². The molecular weight excluding hydrogens is 460 g/mol. The number of rotatable bonds is 25. The molecule has 0 aliphatic carbocycles. The third-order valence-electron chi connectivity index (χ3n) is 5.91. The van der Waals surface area contributed by atoms with Gasteiger partial charge in [0.1, 0.15) is 0 Å². The van der Waals surface area contributed by atoms with Gasteiger partial charge >= 0.3 is 0 Å². The Morgan fingerprint density at radius 3 is 1.47 bits per heavy atom. The zero-order valence-electron chi connectivity index (χ0n) is 21.7. The summed E-state index contributed by atoms with van der Waals surface area (Å²) in [5, 5.41) is 1.06. The van der Waals surface area contributed by atoms with Crippen molar-refractivity contribution in [1.29, 1.82) is 0 Å². The van der Waals surface area contributed by atoms with Gasteiger partial charge in [-0.1, -0.05) is 113 Å². The molecule has 32 heavy (non-hydrogen) atoms. The summed E-state index contributed by atoms with van der Waals surface area (Å²) in [5.41, 5.74) is 0. The summed E-state index contributed by atoms with van der Waals surface area (Å²) in [5.74, 6) is 6.58. The van der Waals surface area contributed by atoms with Crippen LogP contribution in [0.15, 0.2) is 0 Å². The molecule has 0 aromatic heterocycles. The Balaban J connectivity index is 3.90. The molecule has 0 aliphatic rings. The smallest absolute Gasteiger partial charge is 0.157 e. The molecule has 0 unspecified atom stereocenters. The Bertz CT molecular complexity index is 382. The first-order valence-electron chi connectivity index (χ1n) is 14.1. The second kappa shape index (κ2) is 29.0. The molecule has 0 amide bonds. The molecule has 0 spiro atoms. The molecule has 2 nitrogen and oxygen atoms in total. The first-order valence-corrected chi connectivity index (χ1v) is 15.2. The van der Waals surface area contributed by atoms with E-state index >= 15 is 0 Å². The van der Waals surface area contributed by atoms with Crippen molar-refractivity contribution < 1.29 is 9.47 Å². The Labute approximate surface area is 210 Å². The Morgan fingerprint density at radius 1 is 0.531 bits per heavy atom. The van der Waals surface area contributed by atoms with Crippen LogP contribution in [0.3, 0.4) is 0 Å². The van der Waals surface area contributed by atoms with Gasteiger partial charge in [0.2, 0.25) is 0 Å². The maximum absolute atomic E-state index is 6.15. The quantitative estimate of drug-likeness (QED) is 0.0521. The van der Waals surface area contributed by atoms with Crippen LogP contribution in [-0.2, 0) is 9.47 Å². The highest BCUT2D eigenvalue weighted by molar-refractivity contribution is 9.09. The minimum Gasteiger partial charge on any atom is -0.353 e. The third kappa shape index (κ3) is 26.2. The molecule has 0 N–H and O–H groups in total. The number of hydrogen-bond donors (Lipinski definition) is 0. The van der Waals surface area contributed by atoms with Crippen LogP contribution >= 0.6 is 15.9 Å². The molecule has 190 valence electrons. The Kier molecular flexibility index (Phi) is 29.0. The van der Waals surface area contributed by atoms with E-state index in [0.29, 0.717) is 0 Å². The van der Waals surface area contributed by atoms with Crippen LogP contribution in [0.2, 0.25) is 0 Å². The number of halogens is 1. The number of ether oxygens (including phenoxy) is 2. The largest absolute Gasteiger partial charge is 0.353 e. The van der Waals surface area contributed by atoms with Crippen LogP contribution in [-0.4, -0.2) is 24.8 Å². The van der Waals surface area contributed by atoms with Crippen molar-refractivity contribution in [2.75, 3.05) is 18.5 Å². The van der Waals surface area contributed by atoms with E-state index in [1.54, 1.807) is 0 Å². The molecule has 0 aromatic carbocycles. The Morgan fingerprint density at radius 2 is 0.969 bits per heavy atom. The SMILES string of the molecule is CCCCCCCCCOC(CCCCCC#CCCCBr)OCCCCCCCCC. The van der Waals surface area contributed by atoms with E-state index in [9.17, 15) is 0 Å². The summed E-state index contributed by atoms with van der Waals surface area (Å²) in [6.45, 7) is 6.27. The third-order valence-corrected chi connectivity index (χ3v) is 6.47. The highest BCUT2D eigenvalue weighted by Gasteiger charge is 2.09. The number of unbranched alkanes of at least 4 members (excludes halogenated alkanes) is 16. The first kappa shape index (κ1) is 32.0. The maximum Gasteiger partial charge on any atom is 0.157 e. The minimum atomic E-state index is 0.000182. The molecule has 0 aromatic rings. The molecule has 0 bridgehead atoms. The van der Waals surface area contributed by atoms with E-state index in [-0.39, 0.29) is 6.29 Å². The normalized spacial score (nSPS) is 11.1. The van der Waals surface area contributed by atoms with Crippen LogP contribution in [0.4, 0.5) is 0 Å². The summed E-state index contributed by atoms with van der Waals surface area (Å²) in [6.07, 6.45) is 26.4. The molecule has 0 saturated carbocycles. The fraction of sp³-hybridized carbons (Fsp3) is 0.931. The molecule has 0 atom stereocenters. The number of alkyl halides is 1. The van der Waals surface area contributed by atoms with Crippen molar-refractivity contribution in [2.24, 2.45) is 0 Å². The molecule has 0 fully saturated rings. The van der Waals surface area contributed by atoms with Crippen molar-refractivity contribution in [2.45, 2.75) is 155 Å². The lowest BCUT2D eigenvalue weighted by Crippen LogP contribution is -2.19. The fourth-order valence-electron chi connectivity index (χ4n) is 3.80. The van der Waals surface area contributed by atoms with Crippen molar-refractivity contribution in [3.05, 3.63) is 0 Å². The van der Waals surface area contributed by atoms with Gasteiger partial charge in [-0.15, -0.1) is 11.8 Å². The van der Waals surface area contributed by atoms with Crippen molar-refractivity contribution in [1.82, 2.24) is 0 Å². The molecule has 0 saturated heterocycles. The lowest BCUT2D eigenvalue weighted by atomic mass is 10.1. The lowest BCUT2D eigenvalue weighted by Gasteiger charge is -2.19. The van der Waals surface area contributed by atoms with Gasteiger partial charge in [-0.05, 0) is 38.5 Å². The van der Waals surface area contributed by atoms with Crippen LogP contribution in [0.25, 0.3) is 0 Å². The van der Waals surface area contributed by atoms with Gasteiger partial charge < -0.3 is 9.47 Å². The van der Waals surface area contributed by atoms with E-state index < -0.39 is 0 Å². The molecule has 3 heteroatoms. The Hall–Kier alpha value is -0.0400. The standard InChI is InChI=1S/C29H55BrO2/c1-3-5-7-9-15-19-23-27-31-29(32-28-24-20-16-10-8-6-4-2)25-21-17-13-11-12-14-18-22-26-30/h29H,3-11,13,15-28H2,1-2H3. The molecule has 0 radical (unpaired) electrons. The molecule has 0 heterocycles. The highest BCUT2D eigenvalue weighted by Crippen LogP contribution is 2.13. The topological polar surface area (TPSA) is 18.5 Å². The van der Waals surface area contributed by atoms with E-state index in [4.69, 9.17) is 9.47 Å². The molecule has 0 rings (SSSR count). The average molecular weight is 516 g/mol. The van der Waals surface area contributed by atoms with E-state index in [1.165, 1.54) is 109 Å². The van der Waals surface area contributed by atoms with Gasteiger partial charge in [-0.25, -0.2) is 0 Å². The van der Waals surface area contributed by atoms with Gasteiger partial charge in [-0.3, -0.25) is 0 Å². The van der Waals surface area contributed by atoms with E-state index in [1.807, 2.05) is 0 Å². The van der Waals surface area contributed by atoms with E-state index in [0.717, 1.165) is 44.2 Å². The lowest BCUT2D eigenvalue weighted by molar-refractivity contribution is -0.148. The predicted octanol–water partition coefficient (Wildman–Crippen LogP) is 9.98. The fourth-order valence-corrected chi connectivity index (χ4v) is 4.08.